The number of halogens is 1. The van der Waals surface area contributed by atoms with Crippen LogP contribution in [-0.2, 0) is 9.53 Å². The molecule has 0 bridgehead atoms. The smallest absolute Gasteiger partial charge is 0.302 e. The summed E-state index contributed by atoms with van der Waals surface area (Å²) in [5, 5.41) is 0. The molecule has 0 heterocycles. The minimum Gasteiger partial charge on any atom is -0.466 e. The van der Waals surface area contributed by atoms with Crippen molar-refractivity contribution in [1.29, 1.82) is 0 Å². The molecule has 0 amide bonds. The van der Waals surface area contributed by atoms with Gasteiger partial charge in [0.05, 0.1) is 6.61 Å². The van der Waals surface area contributed by atoms with Gasteiger partial charge < -0.3 is 4.74 Å². The van der Waals surface area contributed by atoms with E-state index in [4.69, 9.17) is 16.3 Å². The fraction of sp³-hybridized carbons (Fsp3) is 0.812. The first kappa shape index (κ1) is 18.5. The molecule has 0 spiro atoms. The average molecular weight is 289 g/mol. The summed E-state index contributed by atoms with van der Waals surface area (Å²) in [5.74, 6) is 0.564. The second-order valence-electron chi connectivity index (χ2n) is 4.91. The minimum atomic E-state index is -0.167. The number of rotatable bonds is 13. The van der Waals surface area contributed by atoms with E-state index in [2.05, 4.69) is 12.2 Å². The summed E-state index contributed by atoms with van der Waals surface area (Å²) in [7, 11) is 0. The van der Waals surface area contributed by atoms with E-state index in [0.29, 0.717) is 6.61 Å². The second-order valence-corrected chi connectivity index (χ2v) is 5.28. The molecule has 0 unspecified atom stereocenters. The van der Waals surface area contributed by atoms with E-state index in [0.717, 1.165) is 18.7 Å². The maximum atomic E-state index is 10.5. The summed E-state index contributed by atoms with van der Waals surface area (Å²) >= 11 is 5.58. The highest BCUT2D eigenvalue weighted by molar-refractivity contribution is 6.17. The van der Waals surface area contributed by atoms with Crippen LogP contribution < -0.4 is 0 Å². The topological polar surface area (TPSA) is 26.3 Å². The lowest BCUT2D eigenvalue weighted by Gasteiger charge is -2.02. The van der Waals surface area contributed by atoms with Gasteiger partial charge in [-0.05, 0) is 25.7 Å². The quantitative estimate of drug-likeness (QED) is 0.200. The van der Waals surface area contributed by atoms with Crippen molar-refractivity contribution in [2.45, 2.75) is 71.1 Å². The lowest BCUT2D eigenvalue weighted by atomic mass is 10.1. The molecule has 19 heavy (non-hydrogen) atoms. The Labute approximate surface area is 123 Å². The van der Waals surface area contributed by atoms with Crippen LogP contribution in [0.2, 0.25) is 0 Å². The van der Waals surface area contributed by atoms with Gasteiger partial charge in [0, 0.05) is 12.8 Å². The number of allylic oxidation sites excluding steroid dienone is 2. The lowest BCUT2D eigenvalue weighted by molar-refractivity contribution is -0.141. The van der Waals surface area contributed by atoms with Crippen LogP contribution in [-0.4, -0.2) is 18.5 Å². The third-order valence-electron chi connectivity index (χ3n) is 3.01. The van der Waals surface area contributed by atoms with Gasteiger partial charge in [0.2, 0.25) is 0 Å². The molecule has 0 fully saturated rings. The Kier molecular flexibility index (Phi) is 15.1. The Bertz CT molecular complexity index is 227. The van der Waals surface area contributed by atoms with Crippen molar-refractivity contribution in [2.24, 2.45) is 0 Å². The van der Waals surface area contributed by atoms with Crippen LogP contribution in [0, 0.1) is 0 Å². The van der Waals surface area contributed by atoms with Crippen LogP contribution in [0.5, 0.6) is 0 Å². The molecule has 0 saturated heterocycles. The third kappa shape index (κ3) is 17.5. The standard InChI is InChI=1S/C16H29ClO2/c1-16(18)19-15-13-11-9-7-5-3-2-4-6-8-10-12-14-17/h8,10H,2-7,9,11-15H2,1H3/b10-8-. The third-order valence-corrected chi connectivity index (χ3v) is 3.23. The van der Waals surface area contributed by atoms with Gasteiger partial charge in [-0.25, -0.2) is 0 Å². The van der Waals surface area contributed by atoms with Crippen molar-refractivity contribution >= 4 is 17.6 Å². The number of alkyl halides is 1. The number of carbonyl (C=O) groups is 1. The number of carbonyl (C=O) groups excluding carboxylic acids is 1. The molecular formula is C16H29ClO2. The lowest BCUT2D eigenvalue weighted by Crippen LogP contribution is -2.00. The first-order valence-electron chi connectivity index (χ1n) is 7.61. The highest BCUT2D eigenvalue weighted by Gasteiger charge is 1.94. The molecule has 0 aliphatic heterocycles. The fourth-order valence-electron chi connectivity index (χ4n) is 1.94. The van der Waals surface area contributed by atoms with Crippen molar-refractivity contribution < 1.29 is 9.53 Å². The molecule has 0 aromatic heterocycles. The molecule has 0 rings (SSSR count). The van der Waals surface area contributed by atoms with E-state index in [1.54, 1.807) is 0 Å². The zero-order chi connectivity index (χ0) is 14.2. The van der Waals surface area contributed by atoms with E-state index < -0.39 is 0 Å². The van der Waals surface area contributed by atoms with Gasteiger partial charge in [-0.15, -0.1) is 11.6 Å². The van der Waals surface area contributed by atoms with Gasteiger partial charge in [-0.1, -0.05) is 50.7 Å². The van der Waals surface area contributed by atoms with Crippen LogP contribution in [0.4, 0.5) is 0 Å². The molecular weight excluding hydrogens is 260 g/mol. The molecule has 0 aromatic rings. The summed E-state index contributed by atoms with van der Waals surface area (Å²) in [5.41, 5.74) is 0. The van der Waals surface area contributed by atoms with Crippen molar-refractivity contribution in [3.05, 3.63) is 12.2 Å². The Morgan fingerprint density at radius 3 is 2.00 bits per heavy atom. The monoisotopic (exact) mass is 288 g/mol. The van der Waals surface area contributed by atoms with Gasteiger partial charge >= 0.3 is 5.97 Å². The summed E-state index contributed by atoms with van der Waals surface area (Å²) in [6.07, 6.45) is 16.7. The normalized spacial score (nSPS) is 11.1. The molecule has 0 radical (unpaired) electrons. The molecule has 0 N–H and O–H groups in total. The SMILES string of the molecule is CC(=O)OCCCCCCCCCC/C=C\CCCl. The summed E-state index contributed by atoms with van der Waals surface area (Å²) in [6.45, 7) is 2.05. The van der Waals surface area contributed by atoms with Crippen LogP contribution in [0.25, 0.3) is 0 Å². The molecule has 0 aliphatic rings. The Morgan fingerprint density at radius 1 is 0.895 bits per heavy atom. The summed E-state index contributed by atoms with van der Waals surface area (Å²) in [6, 6.07) is 0. The largest absolute Gasteiger partial charge is 0.466 e. The van der Waals surface area contributed by atoms with Gasteiger partial charge in [0.1, 0.15) is 0 Å². The van der Waals surface area contributed by atoms with Gasteiger partial charge in [0.25, 0.3) is 0 Å². The summed E-state index contributed by atoms with van der Waals surface area (Å²) < 4.78 is 4.89. The van der Waals surface area contributed by atoms with Crippen LogP contribution in [0.1, 0.15) is 71.1 Å². The maximum Gasteiger partial charge on any atom is 0.302 e. The van der Waals surface area contributed by atoms with E-state index in [9.17, 15) is 4.79 Å². The van der Waals surface area contributed by atoms with Crippen LogP contribution in [0.15, 0.2) is 12.2 Å². The molecule has 0 atom stereocenters. The zero-order valence-electron chi connectivity index (χ0n) is 12.3. The van der Waals surface area contributed by atoms with E-state index in [1.807, 2.05) is 0 Å². The Balaban J connectivity index is 3.01. The van der Waals surface area contributed by atoms with Crippen molar-refractivity contribution in [3.8, 4) is 0 Å². The summed E-state index contributed by atoms with van der Waals surface area (Å²) in [4.78, 5) is 10.5. The van der Waals surface area contributed by atoms with E-state index in [1.165, 1.54) is 58.3 Å². The first-order chi connectivity index (χ1) is 9.27. The molecule has 3 heteroatoms. The Hall–Kier alpha value is -0.500. The molecule has 112 valence electrons. The number of hydrogen-bond acceptors (Lipinski definition) is 2. The van der Waals surface area contributed by atoms with Crippen LogP contribution >= 0.6 is 11.6 Å². The van der Waals surface area contributed by atoms with E-state index in [-0.39, 0.29) is 5.97 Å². The van der Waals surface area contributed by atoms with Crippen LogP contribution in [0.3, 0.4) is 0 Å². The Morgan fingerprint density at radius 2 is 1.42 bits per heavy atom. The maximum absolute atomic E-state index is 10.5. The molecule has 0 saturated carbocycles. The molecule has 0 aliphatic carbocycles. The predicted molar refractivity (Wildman–Crippen MR) is 82.7 cm³/mol. The highest BCUT2D eigenvalue weighted by Crippen LogP contribution is 2.10. The number of unbranched alkanes of at least 4 members (excludes halogenated alkanes) is 8. The zero-order valence-corrected chi connectivity index (χ0v) is 13.1. The van der Waals surface area contributed by atoms with Gasteiger partial charge in [-0.3, -0.25) is 4.79 Å². The second kappa shape index (κ2) is 15.6. The molecule has 0 aromatic carbocycles. The van der Waals surface area contributed by atoms with Crippen molar-refractivity contribution in [3.63, 3.8) is 0 Å². The predicted octanol–water partition coefficient (Wildman–Crippen LogP) is 5.25. The number of esters is 1. The number of hydrogen-bond donors (Lipinski definition) is 0. The number of ether oxygens (including phenoxy) is 1. The van der Waals surface area contributed by atoms with Crippen molar-refractivity contribution in [1.82, 2.24) is 0 Å². The molecule has 2 nitrogen and oxygen atoms in total. The van der Waals surface area contributed by atoms with Gasteiger partial charge in [-0.2, -0.15) is 0 Å². The minimum absolute atomic E-state index is 0.167. The average Bonchev–Trinajstić information content (AvgIpc) is 2.39. The van der Waals surface area contributed by atoms with Crippen molar-refractivity contribution in [2.75, 3.05) is 12.5 Å². The highest BCUT2D eigenvalue weighted by atomic mass is 35.5. The van der Waals surface area contributed by atoms with Gasteiger partial charge in [0.15, 0.2) is 0 Å². The fourth-order valence-corrected chi connectivity index (χ4v) is 2.07. The van der Waals surface area contributed by atoms with E-state index >= 15 is 0 Å². The first-order valence-corrected chi connectivity index (χ1v) is 8.15.